The molecule has 0 aromatic carbocycles. The van der Waals surface area contributed by atoms with Crippen LogP contribution in [0, 0.1) is 0 Å². The minimum atomic E-state index is 0.549. The summed E-state index contributed by atoms with van der Waals surface area (Å²) in [6.07, 6.45) is 4.23. The predicted molar refractivity (Wildman–Crippen MR) is 48.0 cm³/mol. The number of hydrogen-bond donors (Lipinski definition) is 1. The van der Waals surface area contributed by atoms with Gasteiger partial charge in [0.2, 0.25) is 0 Å². The van der Waals surface area contributed by atoms with Crippen LogP contribution in [0.15, 0.2) is 0 Å². The average molecular weight is 170 g/mol. The molecule has 2 fully saturated rings. The molecule has 0 saturated carbocycles. The molecule has 2 atom stereocenters. The maximum Gasteiger partial charge on any atom is 0.0718 e. The van der Waals surface area contributed by atoms with Crippen molar-refractivity contribution in [2.75, 3.05) is 26.2 Å². The van der Waals surface area contributed by atoms with Gasteiger partial charge in [-0.3, -0.25) is 4.90 Å². The van der Waals surface area contributed by atoms with Crippen LogP contribution in [0.25, 0.3) is 0 Å². The SMILES string of the molecule is NCCCCN1CC2CC1CO2. The normalized spacial score (nSPS) is 34.8. The van der Waals surface area contributed by atoms with Crippen molar-refractivity contribution < 1.29 is 4.74 Å². The molecule has 0 radical (unpaired) electrons. The average Bonchev–Trinajstić information content (AvgIpc) is 2.65. The number of likely N-dealkylation sites (tertiary alicyclic amines) is 1. The maximum atomic E-state index is 5.52. The summed E-state index contributed by atoms with van der Waals surface area (Å²) in [5, 5.41) is 0. The molecule has 2 aliphatic rings. The van der Waals surface area contributed by atoms with E-state index < -0.39 is 0 Å². The Hall–Kier alpha value is -0.120. The third-order valence-electron chi connectivity index (χ3n) is 2.91. The van der Waals surface area contributed by atoms with E-state index in [4.69, 9.17) is 10.5 Å². The van der Waals surface area contributed by atoms with Crippen LogP contribution in [0.2, 0.25) is 0 Å². The first-order chi connectivity index (χ1) is 5.90. The first kappa shape index (κ1) is 8.48. The number of nitrogens with zero attached hydrogens (tertiary/aromatic N) is 1. The molecule has 2 unspecified atom stereocenters. The van der Waals surface area contributed by atoms with Crippen molar-refractivity contribution in [2.45, 2.75) is 31.4 Å². The van der Waals surface area contributed by atoms with Crippen LogP contribution in [0.1, 0.15) is 19.3 Å². The van der Waals surface area contributed by atoms with E-state index in [0.717, 1.165) is 32.2 Å². The zero-order chi connectivity index (χ0) is 8.39. The van der Waals surface area contributed by atoms with Crippen LogP contribution in [0.3, 0.4) is 0 Å². The van der Waals surface area contributed by atoms with Crippen LogP contribution in [0.4, 0.5) is 0 Å². The molecule has 0 spiro atoms. The molecular weight excluding hydrogens is 152 g/mol. The summed E-state index contributed by atoms with van der Waals surface area (Å²) in [6.45, 7) is 4.18. The number of hydrogen-bond acceptors (Lipinski definition) is 3. The van der Waals surface area contributed by atoms with Gasteiger partial charge in [0, 0.05) is 12.6 Å². The highest BCUT2D eigenvalue weighted by molar-refractivity contribution is 4.91. The second-order valence-corrected chi connectivity index (χ2v) is 3.84. The fourth-order valence-electron chi connectivity index (χ4n) is 2.21. The summed E-state index contributed by atoms with van der Waals surface area (Å²) >= 11 is 0. The highest BCUT2D eigenvalue weighted by Crippen LogP contribution is 2.27. The molecule has 70 valence electrons. The Morgan fingerprint density at radius 1 is 1.42 bits per heavy atom. The Labute approximate surface area is 73.9 Å². The topological polar surface area (TPSA) is 38.5 Å². The Morgan fingerprint density at radius 3 is 2.92 bits per heavy atom. The van der Waals surface area contributed by atoms with Gasteiger partial charge < -0.3 is 10.5 Å². The second kappa shape index (κ2) is 3.73. The number of rotatable bonds is 4. The van der Waals surface area contributed by atoms with Gasteiger partial charge in [-0.05, 0) is 32.4 Å². The first-order valence-corrected chi connectivity index (χ1v) is 4.96. The molecule has 12 heavy (non-hydrogen) atoms. The van der Waals surface area contributed by atoms with Crippen molar-refractivity contribution in [1.82, 2.24) is 4.90 Å². The highest BCUT2D eigenvalue weighted by atomic mass is 16.5. The predicted octanol–water partition coefficient (Wildman–Crippen LogP) is 0.198. The van der Waals surface area contributed by atoms with Crippen LogP contribution in [-0.4, -0.2) is 43.3 Å². The summed E-state index contributed by atoms with van der Waals surface area (Å²) in [6, 6.07) is 0.729. The summed E-state index contributed by atoms with van der Waals surface area (Å²) < 4.78 is 5.52. The summed E-state index contributed by atoms with van der Waals surface area (Å²) in [5.74, 6) is 0. The van der Waals surface area contributed by atoms with E-state index >= 15 is 0 Å². The van der Waals surface area contributed by atoms with Gasteiger partial charge in [-0.2, -0.15) is 0 Å². The first-order valence-electron chi connectivity index (χ1n) is 4.96. The van der Waals surface area contributed by atoms with E-state index in [9.17, 15) is 0 Å². The van der Waals surface area contributed by atoms with E-state index in [1.54, 1.807) is 0 Å². The Balaban J connectivity index is 1.69. The van der Waals surface area contributed by atoms with E-state index in [1.807, 2.05) is 0 Å². The Kier molecular flexibility index (Phi) is 2.63. The lowest BCUT2D eigenvalue weighted by molar-refractivity contribution is 0.0301. The summed E-state index contributed by atoms with van der Waals surface area (Å²) in [5.41, 5.74) is 5.45. The van der Waals surface area contributed by atoms with Gasteiger partial charge in [0.05, 0.1) is 12.7 Å². The van der Waals surface area contributed by atoms with Crippen LogP contribution >= 0.6 is 0 Å². The zero-order valence-electron chi connectivity index (χ0n) is 7.54. The molecule has 2 heterocycles. The highest BCUT2D eigenvalue weighted by Gasteiger charge is 2.38. The monoisotopic (exact) mass is 170 g/mol. The molecule has 0 amide bonds. The van der Waals surface area contributed by atoms with Gasteiger partial charge in [-0.1, -0.05) is 0 Å². The number of unbranched alkanes of at least 4 members (excludes halogenated alkanes) is 1. The maximum absolute atomic E-state index is 5.52. The standard InChI is InChI=1S/C9H18N2O/c10-3-1-2-4-11-6-9-5-8(11)7-12-9/h8-9H,1-7,10H2. The van der Waals surface area contributed by atoms with Crippen molar-refractivity contribution in [3.8, 4) is 0 Å². The minimum Gasteiger partial charge on any atom is -0.375 e. The quantitative estimate of drug-likeness (QED) is 0.612. The molecule has 2 rings (SSSR count). The lowest BCUT2D eigenvalue weighted by atomic mass is 10.2. The van der Waals surface area contributed by atoms with Gasteiger partial charge >= 0.3 is 0 Å². The molecule has 2 bridgehead atoms. The third-order valence-corrected chi connectivity index (χ3v) is 2.91. The van der Waals surface area contributed by atoms with Crippen LogP contribution < -0.4 is 5.73 Å². The molecule has 0 aromatic heterocycles. The number of morpholine rings is 1. The molecular formula is C9H18N2O. The van der Waals surface area contributed by atoms with Gasteiger partial charge in [-0.25, -0.2) is 0 Å². The molecule has 3 nitrogen and oxygen atoms in total. The van der Waals surface area contributed by atoms with Crippen molar-refractivity contribution in [3.05, 3.63) is 0 Å². The van der Waals surface area contributed by atoms with E-state index in [-0.39, 0.29) is 0 Å². The van der Waals surface area contributed by atoms with Crippen molar-refractivity contribution in [3.63, 3.8) is 0 Å². The van der Waals surface area contributed by atoms with Gasteiger partial charge in [0.15, 0.2) is 0 Å². The lowest BCUT2D eigenvalue weighted by Crippen LogP contribution is -2.37. The molecule has 3 heteroatoms. The number of nitrogens with two attached hydrogens (primary N) is 1. The van der Waals surface area contributed by atoms with E-state index in [2.05, 4.69) is 4.90 Å². The third kappa shape index (κ3) is 1.63. The molecule has 0 aliphatic carbocycles. The van der Waals surface area contributed by atoms with Crippen molar-refractivity contribution in [1.29, 1.82) is 0 Å². The Morgan fingerprint density at radius 2 is 2.33 bits per heavy atom. The van der Waals surface area contributed by atoms with Crippen molar-refractivity contribution in [2.24, 2.45) is 5.73 Å². The molecule has 2 N–H and O–H groups in total. The van der Waals surface area contributed by atoms with Gasteiger partial charge in [-0.15, -0.1) is 0 Å². The minimum absolute atomic E-state index is 0.549. The second-order valence-electron chi connectivity index (χ2n) is 3.84. The van der Waals surface area contributed by atoms with Crippen LogP contribution in [-0.2, 0) is 4.74 Å². The zero-order valence-corrected chi connectivity index (χ0v) is 7.54. The summed E-state index contributed by atoms with van der Waals surface area (Å²) in [4.78, 5) is 2.56. The summed E-state index contributed by atoms with van der Waals surface area (Å²) in [7, 11) is 0. The lowest BCUT2D eigenvalue weighted by Gasteiger charge is -2.26. The van der Waals surface area contributed by atoms with Gasteiger partial charge in [0.1, 0.15) is 0 Å². The largest absolute Gasteiger partial charge is 0.375 e. The van der Waals surface area contributed by atoms with Gasteiger partial charge in [0.25, 0.3) is 0 Å². The van der Waals surface area contributed by atoms with Crippen molar-refractivity contribution >= 4 is 0 Å². The number of ether oxygens (including phenoxy) is 1. The molecule has 2 aliphatic heterocycles. The van der Waals surface area contributed by atoms with Crippen LogP contribution in [0.5, 0.6) is 0 Å². The fraction of sp³-hybridized carbons (Fsp3) is 1.00. The smallest absolute Gasteiger partial charge is 0.0718 e. The van der Waals surface area contributed by atoms with E-state index in [0.29, 0.717) is 6.10 Å². The Bertz CT molecular complexity index is 151. The van der Waals surface area contributed by atoms with E-state index in [1.165, 1.54) is 19.4 Å². The molecule has 2 saturated heterocycles. The molecule has 0 aromatic rings. The fourth-order valence-corrected chi connectivity index (χ4v) is 2.21. The number of fused-ring (bicyclic) bond motifs is 2.